The lowest BCUT2D eigenvalue weighted by atomic mass is 9.92. The molecule has 0 amide bonds. The zero-order valence-corrected chi connectivity index (χ0v) is 19.9. The van der Waals surface area contributed by atoms with Crippen molar-refractivity contribution in [2.45, 2.75) is 38.6 Å². The average Bonchev–Trinajstić information content (AvgIpc) is 3.27. The second kappa shape index (κ2) is 8.62. The molecule has 1 saturated heterocycles. The molecule has 0 saturated carbocycles. The zero-order valence-electron chi connectivity index (χ0n) is 17.6. The zero-order chi connectivity index (χ0) is 23.2. The van der Waals surface area contributed by atoms with Crippen LogP contribution in [0.3, 0.4) is 0 Å². The van der Waals surface area contributed by atoms with Crippen LogP contribution in [0.2, 0.25) is 5.02 Å². The van der Waals surface area contributed by atoms with Crippen LogP contribution in [0.15, 0.2) is 35.1 Å². The molecule has 0 aliphatic carbocycles. The number of fused-ring (bicyclic) bond motifs is 1. The largest absolute Gasteiger partial charge is 0.490 e. The minimum absolute atomic E-state index is 0.0851. The molecule has 3 heterocycles. The number of hydrogen-bond donors (Lipinski definition) is 1. The maximum absolute atomic E-state index is 14.4. The van der Waals surface area contributed by atoms with Crippen molar-refractivity contribution in [2.24, 2.45) is 0 Å². The van der Waals surface area contributed by atoms with Crippen molar-refractivity contribution in [1.82, 2.24) is 9.55 Å². The highest BCUT2D eigenvalue weighted by molar-refractivity contribution is 9.10. The predicted molar refractivity (Wildman–Crippen MR) is 120 cm³/mol. The van der Waals surface area contributed by atoms with Gasteiger partial charge in [0.25, 0.3) is 0 Å². The lowest BCUT2D eigenvalue weighted by Crippen LogP contribution is -2.25. The fourth-order valence-electron chi connectivity index (χ4n) is 3.86. The average molecular weight is 528 g/mol. The van der Waals surface area contributed by atoms with E-state index in [1.54, 1.807) is 6.07 Å². The van der Waals surface area contributed by atoms with E-state index in [0.29, 0.717) is 33.3 Å². The molecular formula is C22H21BrClFN2O5. The van der Waals surface area contributed by atoms with Gasteiger partial charge in [0.05, 0.1) is 11.6 Å². The van der Waals surface area contributed by atoms with Gasteiger partial charge in [0.2, 0.25) is 0 Å². The van der Waals surface area contributed by atoms with Gasteiger partial charge in [-0.3, -0.25) is 0 Å². The van der Waals surface area contributed by atoms with E-state index in [0.717, 1.165) is 4.57 Å². The summed E-state index contributed by atoms with van der Waals surface area (Å²) in [5.74, 6) is -1.39. The highest BCUT2D eigenvalue weighted by Crippen LogP contribution is 2.41. The van der Waals surface area contributed by atoms with E-state index >= 15 is 0 Å². The van der Waals surface area contributed by atoms with Crippen LogP contribution in [0.1, 0.15) is 37.8 Å². The van der Waals surface area contributed by atoms with Crippen molar-refractivity contribution < 1.29 is 28.5 Å². The summed E-state index contributed by atoms with van der Waals surface area (Å²) in [6.45, 7) is 6.01. The monoisotopic (exact) mass is 526 g/mol. The smallest absolute Gasteiger partial charge is 0.417 e. The highest BCUT2D eigenvalue weighted by atomic mass is 79.9. The van der Waals surface area contributed by atoms with Crippen LogP contribution in [0.5, 0.6) is 5.75 Å². The summed E-state index contributed by atoms with van der Waals surface area (Å²) in [4.78, 5) is 16.0. The maximum atomic E-state index is 14.4. The Labute approximate surface area is 197 Å². The van der Waals surface area contributed by atoms with E-state index < -0.39 is 23.6 Å². The Morgan fingerprint density at radius 3 is 2.91 bits per heavy atom. The van der Waals surface area contributed by atoms with Gasteiger partial charge in [-0.25, -0.2) is 18.7 Å². The first-order valence-corrected chi connectivity index (χ1v) is 11.1. The Balaban J connectivity index is 1.74. The molecule has 170 valence electrons. The van der Waals surface area contributed by atoms with Crippen LogP contribution in [-0.4, -0.2) is 45.9 Å². The molecule has 10 heteroatoms. The molecule has 2 atom stereocenters. The predicted octanol–water partition coefficient (Wildman–Crippen LogP) is 5.80. The second-order valence-electron chi connectivity index (χ2n) is 8.02. The number of pyridine rings is 1. The first-order chi connectivity index (χ1) is 15.1. The van der Waals surface area contributed by atoms with Crippen LogP contribution in [-0.2, 0) is 9.47 Å². The summed E-state index contributed by atoms with van der Waals surface area (Å²) in [6, 6.07) is 4.52. The van der Waals surface area contributed by atoms with Gasteiger partial charge in [-0.15, -0.1) is 0 Å². The molecule has 0 spiro atoms. The maximum Gasteiger partial charge on any atom is 0.417 e. The topological polar surface area (TPSA) is 82.8 Å². The Morgan fingerprint density at radius 2 is 2.25 bits per heavy atom. The van der Waals surface area contributed by atoms with E-state index in [4.69, 9.17) is 25.8 Å². The lowest BCUT2D eigenvalue weighted by Gasteiger charge is -2.21. The normalized spacial score (nSPS) is 18.8. The van der Waals surface area contributed by atoms with E-state index in [1.807, 2.05) is 20.8 Å². The van der Waals surface area contributed by atoms with E-state index in [1.165, 1.54) is 24.5 Å². The summed E-state index contributed by atoms with van der Waals surface area (Å²) in [5, 5.41) is 10.1. The third-order valence-corrected chi connectivity index (χ3v) is 6.15. The summed E-state index contributed by atoms with van der Waals surface area (Å²) in [6.07, 6.45) is 1.53. The third kappa shape index (κ3) is 4.34. The number of ether oxygens (including phenoxy) is 3. The van der Waals surface area contributed by atoms with E-state index in [9.17, 15) is 14.3 Å². The van der Waals surface area contributed by atoms with Gasteiger partial charge in [-0.1, -0.05) is 18.5 Å². The first kappa shape index (κ1) is 23.0. The number of benzene rings is 1. The van der Waals surface area contributed by atoms with Crippen LogP contribution in [0.4, 0.5) is 9.18 Å². The molecule has 3 aromatic rings. The number of aromatic nitrogens is 2. The minimum atomic E-state index is -1.17. The lowest BCUT2D eigenvalue weighted by molar-refractivity contribution is -0.141. The van der Waals surface area contributed by atoms with Crippen molar-refractivity contribution in [3.05, 3.63) is 57.0 Å². The van der Waals surface area contributed by atoms with Crippen molar-refractivity contribution in [2.75, 3.05) is 13.2 Å². The van der Waals surface area contributed by atoms with Gasteiger partial charge >= 0.3 is 6.09 Å². The Hall–Kier alpha value is -2.20. The van der Waals surface area contributed by atoms with Crippen LogP contribution in [0.25, 0.3) is 11.0 Å². The van der Waals surface area contributed by atoms with Gasteiger partial charge in [0.1, 0.15) is 29.9 Å². The van der Waals surface area contributed by atoms with Gasteiger partial charge in [-0.05, 0) is 53.5 Å². The molecule has 0 bridgehead atoms. The Morgan fingerprint density at radius 1 is 1.50 bits per heavy atom. The molecule has 7 nitrogen and oxygen atoms in total. The highest BCUT2D eigenvalue weighted by Gasteiger charge is 2.33. The number of carboxylic acid groups (broad SMARTS) is 1. The van der Waals surface area contributed by atoms with E-state index in [2.05, 4.69) is 20.9 Å². The van der Waals surface area contributed by atoms with Crippen molar-refractivity contribution in [3.8, 4) is 5.75 Å². The fourth-order valence-corrected chi connectivity index (χ4v) is 4.51. The third-order valence-electron chi connectivity index (χ3n) is 5.33. The van der Waals surface area contributed by atoms with Crippen LogP contribution in [0, 0.1) is 5.82 Å². The number of halogens is 3. The molecule has 2 aromatic heterocycles. The van der Waals surface area contributed by atoms with Gasteiger partial charge in [-0.2, -0.15) is 0 Å². The number of nitrogens with zero attached hydrogens (tertiary/aromatic N) is 2. The standard InChI is InChI=1S/C22H21BrClFN2O5/c1-11(15-8-27(21(28)29)20-14(15)6-12(23)7-26-20)18-17(5-4-16(25)19(18)24)30-9-13-10-31-22(2,3)32-13/h4-8,11,13H,9-10H2,1-3H3,(H,28,29)/t11-,13+/m0/s1. The molecule has 0 unspecified atom stereocenters. The Kier molecular flexibility index (Phi) is 6.19. The van der Waals surface area contributed by atoms with Gasteiger partial charge in [0, 0.05) is 33.7 Å². The van der Waals surface area contributed by atoms with Crippen LogP contribution < -0.4 is 4.74 Å². The van der Waals surface area contributed by atoms with Gasteiger partial charge < -0.3 is 19.3 Å². The fraction of sp³-hybridized carbons (Fsp3) is 0.364. The summed E-state index contributed by atoms with van der Waals surface area (Å²) in [5.41, 5.74) is 1.31. The quantitative estimate of drug-likeness (QED) is 0.452. The molecule has 1 aliphatic heterocycles. The van der Waals surface area contributed by atoms with Crippen molar-refractivity contribution >= 4 is 44.7 Å². The molecule has 1 aliphatic rings. The number of hydrogen-bond acceptors (Lipinski definition) is 5. The SMILES string of the molecule is C[C@H](c1c(OC[C@@H]2COC(C)(C)O2)ccc(F)c1Cl)c1cn(C(=O)O)c2ncc(Br)cc12. The van der Waals surface area contributed by atoms with E-state index in [-0.39, 0.29) is 23.4 Å². The molecule has 1 N–H and O–H groups in total. The van der Waals surface area contributed by atoms with Gasteiger partial charge in [0.15, 0.2) is 5.79 Å². The molecule has 4 rings (SSSR count). The molecular weight excluding hydrogens is 507 g/mol. The first-order valence-electron chi connectivity index (χ1n) is 9.89. The number of rotatable bonds is 5. The Bertz CT molecular complexity index is 1200. The molecule has 0 radical (unpaired) electrons. The van der Waals surface area contributed by atoms with Crippen LogP contribution >= 0.6 is 27.5 Å². The molecule has 32 heavy (non-hydrogen) atoms. The summed E-state index contributed by atoms with van der Waals surface area (Å²) < 4.78 is 33.5. The molecule has 1 aromatic carbocycles. The summed E-state index contributed by atoms with van der Waals surface area (Å²) >= 11 is 9.75. The minimum Gasteiger partial charge on any atom is -0.490 e. The second-order valence-corrected chi connectivity index (χ2v) is 9.31. The molecule has 1 fully saturated rings. The summed E-state index contributed by atoms with van der Waals surface area (Å²) in [7, 11) is 0. The van der Waals surface area contributed by atoms with Crippen molar-refractivity contribution in [3.63, 3.8) is 0 Å². The van der Waals surface area contributed by atoms with Crippen molar-refractivity contribution in [1.29, 1.82) is 0 Å². The number of carbonyl (C=O) groups is 1.